The number of aryl methyl sites for hydroxylation is 1. The fraction of sp³-hybridized carbons (Fsp3) is 0.278. The molecule has 0 spiro atoms. The molecule has 0 aliphatic carbocycles. The Morgan fingerprint density at radius 2 is 1.36 bits per heavy atom. The van der Waals surface area contributed by atoms with Crippen molar-refractivity contribution < 1.29 is 12.8 Å². The van der Waals surface area contributed by atoms with Gasteiger partial charge in [-0.2, -0.15) is 0 Å². The molecule has 0 saturated carbocycles. The lowest BCUT2D eigenvalue weighted by molar-refractivity contribution is 0.601. The molecule has 0 aromatic heterocycles. The summed E-state index contributed by atoms with van der Waals surface area (Å²) in [6.07, 6.45) is 0. The van der Waals surface area contributed by atoms with Gasteiger partial charge in [-0.25, -0.2) is 12.8 Å². The first-order valence-corrected chi connectivity index (χ1v) is 10.2. The number of thiocarbonyl (C=S) groups is 1. The molecule has 4 nitrogen and oxygen atoms in total. The number of hydrogen-bond donors (Lipinski definition) is 0. The fourth-order valence-electron chi connectivity index (χ4n) is 3.61. The van der Waals surface area contributed by atoms with E-state index in [4.69, 9.17) is 12.2 Å². The molecule has 4 rings (SSSR count). The number of benzene rings is 2. The number of nitrogens with zero attached hydrogens (tertiary/aromatic N) is 2. The predicted octanol–water partition coefficient (Wildman–Crippen LogP) is 2.91. The molecule has 2 aromatic carbocycles. The van der Waals surface area contributed by atoms with Crippen LogP contribution in [0.25, 0.3) is 0 Å². The summed E-state index contributed by atoms with van der Waals surface area (Å²) in [5, 5.41) is 0.556. The molecule has 2 aliphatic heterocycles. The van der Waals surface area contributed by atoms with E-state index in [9.17, 15) is 12.8 Å². The van der Waals surface area contributed by atoms with E-state index in [0.717, 1.165) is 11.3 Å². The summed E-state index contributed by atoms with van der Waals surface area (Å²) in [5.41, 5.74) is 2.72. The van der Waals surface area contributed by atoms with Crippen LogP contribution in [0.15, 0.2) is 48.5 Å². The molecule has 2 aliphatic rings. The van der Waals surface area contributed by atoms with Gasteiger partial charge in [-0.3, -0.25) is 0 Å². The summed E-state index contributed by atoms with van der Waals surface area (Å²) in [5.74, 6) is -0.208. The van der Waals surface area contributed by atoms with Gasteiger partial charge in [-0.15, -0.1) is 0 Å². The maximum atomic E-state index is 13.3. The molecular formula is C18H17FN2O2S2. The quantitative estimate of drug-likeness (QED) is 0.754. The van der Waals surface area contributed by atoms with Gasteiger partial charge in [0.15, 0.2) is 14.9 Å². The SMILES string of the molecule is Cc1ccc(N2C(=S)N(c3ccc(F)cc3)[C@H]3CS(=O)(=O)C[C@@H]32)cc1. The number of anilines is 2. The van der Waals surface area contributed by atoms with Crippen LogP contribution in [0.5, 0.6) is 0 Å². The molecule has 0 bridgehead atoms. The van der Waals surface area contributed by atoms with Crippen LogP contribution >= 0.6 is 12.2 Å². The van der Waals surface area contributed by atoms with Crippen LogP contribution in [0.3, 0.4) is 0 Å². The highest BCUT2D eigenvalue weighted by Crippen LogP contribution is 2.38. The first-order chi connectivity index (χ1) is 11.9. The molecule has 0 radical (unpaired) electrons. The van der Waals surface area contributed by atoms with Crippen LogP contribution in [0.4, 0.5) is 15.8 Å². The standard InChI is InChI=1S/C18H17FN2O2S2/c1-12-2-6-14(7-3-12)20-16-10-25(22,23)11-17(16)21(18(20)24)15-8-4-13(19)5-9-15/h2-9,16-17H,10-11H2,1H3/t16-,17-/m0/s1. The van der Waals surface area contributed by atoms with E-state index in [2.05, 4.69) is 0 Å². The van der Waals surface area contributed by atoms with Gasteiger partial charge in [0.05, 0.1) is 23.6 Å². The summed E-state index contributed by atoms with van der Waals surface area (Å²) in [7, 11) is -3.14. The number of rotatable bonds is 2. The van der Waals surface area contributed by atoms with E-state index in [1.54, 1.807) is 12.1 Å². The Labute approximate surface area is 151 Å². The molecule has 2 heterocycles. The fourth-order valence-corrected chi connectivity index (χ4v) is 6.02. The number of halogens is 1. The van der Waals surface area contributed by atoms with Crippen LogP contribution in [0.1, 0.15) is 5.56 Å². The lowest BCUT2D eigenvalue weighted by Gasteiger charge is -2.25. The Morgan fingerprint density at radius 3 is 1.84 bits per heavy atom. The minimum absolute atomic E-state index is 0.0531. The highest BCUT2D eigenvalue weighted by Gasteiger charge is 2.52. The normalized spacial score (nSPS) is 24.6. The van der Waals surface area contributed by atoms with Gasteiger partial charge in [0, 0.05) is 11.4 Å². The zero-order valence-corrected chi connectivity index (χ0v) is 15.2. The van der Waals surface area contributed by atoms with Gasteiger partial charge >= 0.3 is 0 Å². The molecule has 25 heavy (non-hydrogen) atoms. The van der Waals surface area contributed by atoms with E-state index in [1.807, 2.05) is 41.0 Å². The molecule has 130 valence electrons. The van der Waals surface area contributed by atoms with Gasteiger partial charge in [0.25, 0.3) is 0 Å². The van der Waals surface area contributed by atoms with Crippen molar-refractivity contribution in [2.24, 2.45) is 0 Å². The van der Waals surface area contributed by atoms with Crippen molar-refractivity contribution in [3.05, 3.63) is 59.9 Å². The Bertz CT molecular complexity index is 857. The lowest BCUT2D eigenvalue weighted by Crippen LogP contribution is -2.37. The maximum Gasteiger partial charge on any atom is 0.181 e. The molecule has 0 unspecified atom stereocenters. The zero-order chi connectivity index (χ0) is 17.8. The minimum atomic E-state index is -3.14. The molecule has 2 atom stereocenters. The predicted molar refractivity (Wildman–Crippen MR) is 101 cm³/mol. The van der Waals surface area contributed by atoms with Crippen LogP contribution < -0.4 is 9.80 Å². The highest BCUT2D eigenvalue weighted by molar-refractivity contribution is 7.91. The van der Waals surface area contributed by atoms with Gasteiger partial charge in [0.1, 0.15) is 5.82 Å². The Hall–Kier alpha value is -1.99. The smallest absolute Gasteiger partial charge is 0.181 e. The van der Waals surface area contributed by atoms with Crippen LogP contribution in [-0.4, -0.2) is 37.1 Å². The van der Waals surface area contributed by atoms with Crippen molar-refractivity contribution in [3.63, 3.8) is 0 Å². The van der Waals surface area contributed by atoms with Gasteiger partial charge in [-0.1, -0.05) is 17.7 Å². The second-order valence-electron chi connectivity index (χ2n) is 6.55. The summed E-state index contributed by atoms with van der Waals surface area (Å²) in [4.78, 5) is 3.77. The minimum Gasteiger partial charge on any atom is -0.312 e. The maximum absolute atomic E-state index is 13.3. The second kappa shape index (κ2) is 5.78. The molecule has 0 amide bonds. The Kier molecular flexibility index (Phi) is 3.81. The molecule has 2 aromatic rings. The van der Waals surface area contributed by atoms with E-state index in [-0.39, 0.29) is 29.4 Å². The van der Waals surface area contributed by atoms with Crippen molar-refractivity contribution in [2.45, 2.75) is 19.0 Å². The third-order valence-corrected chi connectivity index (χ3v) is 6.88. The summed E-state index contributed by atoms with van der Waals surface area (Å²) in [6, 6.07) is 13.4. The van der Waals surface area contributed by atoms with Gasteiger partial charge < -0.3 is 9.80 Å². The third kappa shape index (κ3) is 2.81. The second-order valence-corrected chi connectivity index (χ2v) is 9.07. The zero-order valence-electron chi connectivity index (χ0n) is 13.6. The molecule has 0 N–H and O–H groups in total. The largest absolute Gasteiger partial charge is 0.312 e. The Morgan fingerprint density at radius 1 is 0.920 bits per heavy atom. The van der Waals surface area contributed by atoms with Crippen LogP contribution in [0.2, 0.25) is 0 Å². The molecule has 2 saturated heterocycles. The number of fused-ring (bicyclic) bond motifs is 1. The summed E-state index contributed by atoms with van der Waals surface area (Å²) >= 11 is 5.68. The third-order valence-electron chi connectivity index (χ3n) is 4.79. The lowest BCUT2D eigenvalue weighted by atomic mass is 10.1. The molecule has 7 heteroatoms. The van der Waals surface area contributed by atoms with Crippen molar-refractivity contribution in [1.29, 1.82) is 0 Å². The van der Waals surface area contributed by atoms with E-state index >= 15 is 0 Å². The number of hydrogen-bond acceptors (Lipinski definition) is 3. The van der Waals surface area contributed by atoms with Crippen molar-refractivity contribution in [2.75, 3.05) is 21.3 Å². The van der Waals surface area contributed by atoms with Crippen molar-refractivity contribution in [1.82, 2.24) is 0 Å². The van der Waals surface area contributed by atoms with Crippen LogP contribution in [0, 0.1) is 12.7 Å². The molecular weight excluding hydrogens is 359 g/mol. The topological polar surface area (TPSA) is 40.6 Å². The van der Waals surface area contributed by atoms with Crippen molar-refractivity contribution in [3.8, 4) is 0 Å². The van der Waals surface area contributed by atoms with Gasteiger partial charge in [0.2, 0.25) is 0 Å². The first-order valence-electron chi connectivity index (χ1n) is 8.01. The number of sulfone groups is 1. The van der Waals surface area contributed by atoms with Crippen molar-refractivity contribution >= 4 is 38.5 Å². The molecule has 2 fully saturated rings. The van der Waals surface area contributed by atoms with E-state index in [1.165, 1.54) is 12.1 Å². The average molecular weight is 376 g/mol. The average Bonchev–Trinajstić information content (AvgIpc) is 2.99. The summed E-state index contributed by atoms with van der Waals surface area (Å²) in [6.45, 7) is 2.00. The van der Waals surface area contributed by atoms with Gasteiger partial charge in [-0.05, 0) is 55.5 Å². The van der Waals surface area contributed by atoms with Crippen LogP contribution in [-0.2, 0) is 9.84 Å². The highest BCUT2D eigenvalue weighted by atomic mass is 32.2. The summed E-state index contributed by atoms with van der Waals surface area (Å²) < 4.78 is 37.8. The first kappa shape index (κ1) is 16.5. The van der Waals surface area contributed by atoms with E-state index in [0.29, 0.717) is 10.8 Å². The van der Waals surface area contributed by atoms with E-state index < -0.39 is 9.84 Å². The Balaban J connectivity index is 1.79. The monoisotopic (exact) mass is 376 g/mol.